The first-order valence-corrected chi connectivity index (χ1v) is 7.89. The SMILES string of the molecule is CC(=O)NCc1cc(C)cc(Nc2ncn(-c3cc(F)cc(F)c3)n2)c1. The van der Waals surface area contributed by atoms with Gasteiger partial charge in [0.15, 0.2) is 0 Å². The molecule has 0 bridgehead atoms. The van der Waals surface area contributed by atoms with E-state index in [-0.39, 0.29) is 17.5 Å². The van der Waals surface area contributed by atoms with E-state index < -0.39 is 11.6 Å². The van der Waals surface area contributed by atoms with Crippen LogP contribution in [0.5, 0.6) is 0 Å². The van der Waals surface area contributed by atoms with Crippen molar-refractivity contribution in [3.8, 4) is 5.69 Å². The second-order valence-corrected chi connectivity index (χ2v) is 5.88. The molecule has 0 saturated carbocycles. The van der Waals surface area contributed by atoms with Gasteiger partial charge in [-0.2, -0.15) is 4.98 Å². The maximum absolute atomic E-state index is 13.3. The van der Waals surface area contributed by atoms with Crippen LogP contribution < -0.4 is 10.6 Å². The van der Waals surface area contributed by atoms with Crippen LogP contribution >= 0.6 is 0 Å². The van der Waals surface area contributed by atoms with E-state index in [1.165, 1.54) is 30.1 Å². The average molecular weight is 357 g/mol. The molecule has 3 aromatic rings. The lowest BCUT2D eigenvalue weighted by molar-refractivity contribution is -0.119. The molecular weight excluding hydrogens is 340 g/mol. The molecule has 134 valence electrons. The number of nitrogens with one attached hydrogen (secondary N) is 2. The first-order valence-electron chi connectivity index (χ1n) is 7.89. The van der Waals surface area contributed by atoms with E-state index in [0.29, 0.717) is 6.54 Å². The molecule has 1 amide bonds. The minimum Gasteiger partial charge on any atom is -0.352 e. The predicted molar refractivity (Wildman–Crippen MR) is 93.3 cm³/mol. The molecule has 0 saturated heterocycles. The summed E-state index contributed by atoms with van der Waals surface area (Å²) >= 11 is 0. The van der Waals surface area contributed by atoms with Crippen molar-refractivity contribution in [3.63, 3.8) is 0 Å². The first-order chi connectivity index (χ1) is 12.4. The minimum absolute atomic E-state index is 0.108. The molecule has 0 atom stereocenters. The van der Waals surface area contributed by atoms with E-state index >= 15 is 0 Å². The Morgan fingerprint density at radius 2 is 1.85 bits per heavy atom. The Bertz CT molecular complexity index is 934. The van der Waals surface area contributed by atoms with E-state index in [1.807, 2.05) is 25.1 Å². The summed E-state index contributed by atoms with van der Waals surface area (Å²) in [5.74, 6) is -1.20. The summed E-state index contributed by atoms with van der Waals surface area (Å²) in [4.78, 5) is 15.2. The third-order valence-corrected chi connectivity index (χ3v) is 3.54. The van der Waals surface area contributed by atoms with Crippen molar-refractivity contribution in [1.29, 1.82) is 0 Å². The molecular formula is C18H17F2N5O. The standard InChI is InChI=1S/C18H17F2N5O/c1-11-3-13(9-21-12(2)26)5-16(4-11)23-18-22-10-25(24-18)17-7-14(19)6-15(20)8-17/h3-8,10H,9H2,1-2H3,(H,21,26)(H,23,24). The monoisotopic (exact) mass is 357 g/mol. The summed E-state index contributed by atoms with van der Waals surface area (Å²) in [6.07, 6.45) is 1.37. The zero-order valence-corrected chi connectivity index (χ0v) is 14.3. The van der Waals surface area contributed by atoms with Gasteiger partial charge in [0.25, 0.3) is 0 Å². The minimum atomic E-state index is -0.689. The van der Waals surface area contributed by atoms with Crippen LogP contribution in [0, 0.1) is 18.6 Å². The normalized spacial score (nSPS) is 10.6. The molecule has 2 N–H and O–H groups in total. The van der Waals surface area contributed by atoms with Crippen LogP contribution in [0.25, 0.3) is 5.69 Å². The second-order valence-electron chi connectivity index (χ2n) is 5.88. The average Bonchev–Trinajstić information content (AvgIpc) is 3.00. The summed E-state index contributed by atoms with van der Waals surface area (Å²) in [7, 11) is 0. The van der Waals surface area contributed by atoms with Crippen LogP contribution in [0.2, 0.25) is 0 Å². The number of anilines is 2. The fourth-order valence-corrected chi connectivity index (χ4v) is 2.51. The Hall–Kier alpha value is -3.29. The number of aromatic nitrogens is 3. The smallest absolute Gasteiger partial charge is 0.246 e. The van der Waals surface area contributed by atoms with Gasteiger partial charge in [-0.3, -0.25) is 4.79 Å². The topological polar surface area (TPSA) is 71.8 Å². The zero-order chi connectivity index (χ0) is 18.7. The summed E-state index contributed by atoms with van der Waals surface area (Å²) in [5.41, 5.74) is 2.91. The number of hydrogen-bond donors (Lipinski definition) is 2. The molecule has 8 heteroatoms. The van der Waals surface area contributed by atoms with E-state index in [9.17, 15) is 13.6 Å². The number of halogens is 2. The fraction of sp³-hybridized carbons (Fsp3) is 0.167. The molecule has 0 fully saturated rings. The van der Waals surface area contributed by atoms with E-state index in [2.05, 4.69) is 20.7 Å². The number of nitrogens with zero attached hydrogens (tertiary/aromatic N) is 3. The largest absolute Gasteiger partial charge is 0.352 e. The highest BCUT2D eigenvalue weighted by atomic mass is 19.1. The van der Waals surface area contributed by atoms with Crippen LogP contribution in [-0.2, 0) is 11.3 Å². The van der Waals surface area contributed by atoms with Crippen LogP contribution in [0.1, 0.15) is 18.1 Å². The zero-order valence-electron chi connectivity index (χ0n) is 14.3. The molecule has 0 unspecified atom stereocenters. The van der Waals surface area contributed by atoms with Gasteiger partial charge >= 0.3 is 0 Å². The number of rotatable bonds is 5. The van der Waals surface area contributed by atoms with Gasteiger partial charge in [-0.15, -0.1) is 5.10 Å². The maximum atomic E-state index is 13.3. The van der Waals surface area contributed by atoms with Crippen LogP contribution in [0.4, 0.5) is 20.4 Å². The lowest BCUT2D eigenvalue weighted by Crippen LogP contribution is -2.19. The molecule has 26 heavy (non-hydrogen) atoms. The van der Waals surface area contributed by atoms with Crippen molar-refractivity contribution in [2.75, 3.05) is 5.32 Å². The van der Waals surface area contributed by atoms with Crippen molar-refractivity contribution in [2.24, 2.45) is 0 Å². The molecule has 0 spiro atoms. The van der Waals surface area contributed by atoms with Crippen molar-refractivity contribution in [2.45, 2.75) is 20.4 Å². The highest BCUT2D eigenvalue weighted by Crippen LogP contribution is 2.19. The number of aryl methyl sites for hydroxylation is 1. The Morgan fingerprint density at radius 3 is 2.54 bits per heavy atom. The number of benzene rings is 2. The number of amides is 1. The molecule has 1 heterocycles. The van der Waals surface area contributed by atoms with Gasteiger partial charge in [-0.1, -0.05) is 6.07 Å². The van der Waals surface area contributed by atoms with E-state index in [4.69, 9.17) is 0 Å². The molecule has 0 radical (unpaired) electrons. The predicted octanol–water partition coefficient (Wildman–Crippen LogP) is 3.23. The van der Waals surface area contributed by atoms with E-state index in [1.54, 1.807) is 0 Å². The Morgan fingerprint density at radius 1 is 1.12 bits per heavy atom. The van der Waals surface area contributed by atoms with Gasteiger partial charge in [0, 0.05) is 25.2 Å². The van der Waals surface area contributed by atoms with Crippen molar-refractivity contribution >= 4 is 17.5 Å². The molecule has 0 aliphatic heterocycles. The second kappa shape index (κ2) is 7.30. The summed E-state index contributed by atoms with van der Waals surface area (Å²) < 4.78 is 28.0. The molecule has 0 aliphatic carbocycles. The van der Waals surface area contributed by atoms with Crippen molar-refractivity contribution in [3.05, 3.63) is 65.5 Å². The maximum Gasteiger partial charge on any atom is 0.246 e. The van der Waals surface area contributed by atoms with Gasteiger partial charge in [0.1, 0.15) is 18.0 Å². The van der Waals surface area contributed by atoms with Gasteiger partial charge < -0.3 is 10.6 Å². The highest BCUT2D eigenvalue weighted by Gasteiger charge is 2.07. The molecule has 2 aromatic carbocycles. The molecule has 1 aromatic heterocycles. The van der Waals surface area contributed by atoms with Crippen LogP contribution in [-0.4, -0.2) is 20.7 Å². The number of carbonyl (C=O) groups excluding carboxylic acids is 1. The molecule has 3 rings (SSSR count). The van der Waals surface area contributed by atoms with E-state index in [0.717, 1.165) is 22.9 Å². The number of hydrogen-bond acceptors (Lipinski definition) is 4. The highest BCUT2D eigenvalue weighted by molar-refractivity contribution is 5.72. The summed E-state index contributed by atoms with van der Waals surface area (Å²) in [5, 5.41) is 9.98. The lowest BCUT2D eigenvalue weighted by atomic mass is 10.1. The molecule has 0 aliphatic rings. The Balaban J connectivity index is 1.79. The quantitative estimate of drug-likeness (QED) is 0.735. The van der Waals surface area contributed by atoms with Crippen molar-refractivity contribution < 1.29 is 13.6 Å². The van der Waals surface area contributed by atoms with Gasteiger partial charge in [0.2, 0.25) is 11.9 Å². The third kappa shape index (κ3) is 4.41. The van der Waals surface area contributed by atoms with Crippen LogP contribution in [0.15, 0.2) is 42.7 Å². The number of carbonyl (C=O) groups is 1. The molecule has 6 nitrogen and oxygen atoms in total. The first kappa shape index (κ1) is 17.5. The summed E-state index contributed by atoms with van der Waals surface area (Å²) in [6, 6.07) is 8.86. The van der Waals surface area contributed by atoms with Gasteiger partial charge in [-0.25, -0.2) is 13.5 Å². The van der Waals surface area contributed by atoms with Gasteiger partial charge in [-0.05, 0) is 42.3 Å². The Kier molecular flexibility index (Phi) is 4.92. The van der Waals surface area contributed by atoms with Crippen LogP contribution in [0.3, 0.4) is 0 Å². The third-order valence-electron chi connectivity index (χ3n) is 3.54. The Labute approximate surface area is 148 Å². The summed E-state index contributed by atoms with van der Waals surface area (Å²) in [6.45, 7) is 3.81. The van der Waals surface area contributed by atoms with Gasteiger partial charge in [0.05, 0.1) is 5.69 Å². The lowest BCUT2D eigenvalue weighted by Gasteiger charge is -2.08. The van der Waals surface area contributed by atoms with Crippen molar-refractivity contribution in [1.82, 2.24) is 20.1 Å². The fourth-order valence-electron chi connectivity index (χ4n) is 2.51.